The van der Waals surface area contributed by atoms with E-state index < -0.39 is 14.9 Å². The van der Waals surface area contributed by atoms with Gasteiger partial charge in [0.05, 0.1) is 4.92 Å². The number of aryl methyl sites for hydroxylation is 2. The van der Waals surface area contributed by atoms with Gasteiger partial charge < -0.3 is 4.98 Å². The minimum Gasteiger partial charge on any atom is -0.360 e. The second kappa shape index (κ2) is 5.64. The standard InChI is InChI=1S/C16H15N3O4S/c1-10-5-11(2)7-12(6-10)18-24(22,23)16-9-17-15-4-3-13(19(20)21)8-14(15)16/h3-9,17-18H,1-2H3. The molecule has 124 valence electrons. The fraction of sp³-hybridized carbons (Fsp3) is 0.125. The Hall–Kier alpha value is -2.87. The third kappa shape index (κ3) is 2.95. The molecule has 0 amide bonds. The zero-order chi connectivity index (χ0) is 17.5. The minimum absolute atomic E-state index is 0.0274. The maximum absolute atomic E-state index is 12.7. The number of H-pyrrole nitrogens is 1. The van der Waals surface area contributed by atoms with Crippen LogP contribution in [-0.4, -0.2) is 18.3 Å². The summed E-state index contributed by atoms with van der Waals surface area (Å²) >= 11 is 0. The van der Waals surface area contributed by atoms with Gasteiger partial charge in [-0.15, -0.1) is 0 Å². The smallest absolute Gasteiger partial charge is 0.270 e. The third-order valence-electron chi connectivity index (χ3n) is 3.60. The van der Waals surface area contributed by atoms with E-state index in [0.29, 0.717) is 11.2 Å². The quantitative estimate of drug-likeness (QED) is 0.557. The van der Waals surface area contributed by atoms with E-state index in [0.717, 1.165) is 11.1 Å². The lowest BCUT2D eigenvalue weighted by molar-refractivity contribution is -0.384. The van der Waals surface area contributed by atoms with Crippen LogP contribution in [0.2, 0.25) is 0 Å². The fourth-order valence-electron chi connectivity index (χ4n) is 2.66. The molecule has 3 aromatic rings. The predicted octanol–water partition coefficient (Wildman–Crippen LogP) is 3.49. The minimum atomic E-state index is -3.88. The molecule has 2 N–H and O–H groups in total. The lowest BCUT2D eigenvalue weighted by atomic mass is 10.1. The van der Waals surface area contributed by atoms with Crippen molar-refractivity contribution in [2.75, 3.05) is 4.72 Å². The number of fused-ring (bicyclic) bond motifs is 1. The van der Waals surface area contributed by atoms with E-state index in [4.69, 9.17) is 0 Å². The molecular formula is C16H15N3O4S. The molecule has 0 fully saturated rings. The Bertz CT molecular complexity index is 1030. The number of sulfonamides is 1. The number of nitrogens with zero attached hydrogens (tertiary/aromatic N) is 1. The van der Waals surface area contributed by atoms with Gasteiger partial charge >= 0.3 is 0 Å². The van der Waals surface area contributed by atoms with Gasteiger partial charge in [0.15, 0.2) is 0 Å². The maximum atomic E-state index is 12.7. The molecule has 0 spiro atoms. The summed E-state index contributed by atoms with van der Waals surface area (Å²) in [6.07, 6.45) is 1.33. The number of benzene rings is 2. The van der Waals surface area contributed by atoms with Crippen molar-refractivity contribution < 1.29 is 13.3 Å². The molecule has 0 atom stereocenters. The van der Waals surface area contributed by atoms with E-state index in [1.165, 1.54) is 24.4 Å². The summed E-state index contributed by atoms with van der Waals surface area (Å²) in [4.78, 5) is 13.2. The van der Waals surface area contributed by atoms with Gasteiger partial charge in [0, 0.05) is 34.9 Å². The normalized spacial score (nSPS) is 11.6. The second-order valence-corrected chi connectivity index (χ2v) is 7.27. The first-order valence-corrected chi connectivity index (χ1v) is 8.61. The Labute approximate surface area is 138 Å². The summed E-state index contributed by atoms with van der Waals surface area (Å²) in [6.45, 7) is 3.75. The number of aromatic amines is 1. The van der Waals surface area contributed by atoms with Gasteiger partial charge in [0.1, 0.15) is 4.90 Å². The molecule has 0 radical (unpaired) electrons. The van der Waals surface area contributed by atoms with Crippen molar-refractivity contribution in [3.63, 3.8) is 0 Å². The van der Waals surface area contributed by atoms with Crippen LogP contribution in [-0.2, 0) is 10.0 Å². The fourth-order valence-corrected chi connectivity index (χ4v) is 3.87. The van der Waals surface area contributed by atoms with Crippen LogP contribution in [0.25, 0.3) is 10.9 Å². The number of nitrogens with one attached hydrogen (secondary N) is 2. The highest BCUT2D eigenvalue weighted by atomic mass is 32.2. The summed E-state index contributed by atoms with van der Waals surface area (Å²) in [5, 5.41) is 11.2. The summed E-state index contributed by atoms with van der Waals surface area (Å²) in [6, 6.07) is 9.45. The molecule has 0 aliphatic carbocycles. The number of anilines is 1. The molecule has 24 heavy (non-hydrogen) atoms. The summed E-state index contributed by atoms with van der Waals surface area (Å²) < 4.78 is 27.9. The number of non-ortho nitro benzene ring substituents is 1. The van der Waals surface area contributed by atoms with E-state index in [2.05, 4.69) is 9.71 Å². The largest absolute Gasteiger partial charge is 0.360 e. The van der Waals surface area contributed by atoms with Crippen LogP contribution in [0.1, 0.15) is 11.1 Å². The van der Waals surface area contributed by atoms with Crippen LogP contribution < -0.4 is 4.72 Å². The Morgan fingerprint density at radius 1 is 1.08 bits per heavy atom. The maximum Gasteiger partial charge on any atom is 0.270 e. The zero-order valence-corrected chi connectivity index (χ0v) is 13.8. The number of rotatable bonds is 4. The molecule has 8 heteroatoms. The topological polar surface area (TPSA) is 105 Å². The average Bonchev–Trinajstić information content (AvgIpc) is 2.89. The van der Waals surface area contributed by atoms with Crippen molar-refractivity contribution in [2.45, 2.75) is 18.7 Å². The van der Waals surface area contributed by atoms with Crippen LogP contribution >= 0.6 is 0 Å². The van der Waals surface area contributed by atoms with E-state index >= 15 is 0 Å². The summed E-state index contributed by atoms with van der Waals surface area (Å²) in [7, 11) is -3.88. The Balaban J connectivity index is 2.07. The average molecular weight is 345 g/mol. The van der Waals surface area contributed by atoms with Gasteiger partial charge in [-0.2, -0.15) is 0 Å². The molecule has 0 aliphatic rings. The van der Waals surface area contributed by atoms with Crippen LogP contribution in [0.3, 0.4) is 0 Å². The van der Waals surface area contributed by atoms with Crippen molar-refractivity contribution in [1.82, 2.24) is 4.98 Å². The first-order valence-electron chi connectivity index (χ1n) is 7.13. The zero-order valence-electron chi connectivity index (χ0n) is 13.0. The Kier molecular flexibility index (Phi) is 3.76. The molecule has 7 nitrogen and oxygen atoms in total. The highest BCUT2D eigenvalue weighted by Gasteiger charge is 2.21. The predicted molar refractivity (Wildman–Crippen MR) is 91.7 cm³/mol. The van der Waals surface area contributed by atoms with E-state index in [1.807, 2.05) is 19.9 Å². The van der Waals surface area contributed by atoms with Crippen LogP contribution in [0, 0.1) is 24.0 Å². The third-order valence-corrected chi connectivity index (χ3v) is 5.02. The van der Waals surface area contributed by atoms with E-state index in [9.17, 15) is 18.5 Å². The van der Waals surface area contributed by atoms with Crippen molar-refractivity contribution in [2.24, 2.45) is 0 Å². The molecule has 0 aliphatic heterocycles. The number of nitro groups is 1. The van der Waals surface area contributed by atoms with Gasteiger partial charge in [-0.25, -0.2) is 8.42 Å². The number of nitro benzene ring substituents is 1. The molecule has 0 bridgehead atoms. The van der Waals surface area contributed by atoms with Crippen LogP contribution in [0.15, 0.2) is 47.5 Å². The lowest BCUT2D eigenvalue weighted by Gasteiger charge is -2.09. The van der Waals surface area contributed by atoms with Gasteiger partial charge in [0.2, 0.25) is 0 Å². The molecule has 0 saturated carbocycles. The van der Waals surface area contributed by atoms with Gasteiger partial charge in [-0.05, 0) is 43.2 Å². The van der Waals surface area contributed by atoms with Crippen molar-refractivity contribution in [3.05, 3.63) is 63.8 Å². The molecule has 1 aromatic heterocycles. The van der Waals surface area contributed by atoms with Gasteiger partial charge in [-0.3, -0.25) is 14.8 Å². The van der Waals surface area contributed by atoms with Gasteiger partial charge in [0.25, 0.3) is 15.7 Å². The van der Waals surface area contributed by atoms with Crippen molar-refractivity contribution in [3.8, 4) is 0 Å². The van der Waals surface area contributed by atoms with Gasteiger partial charge in [-0.1, -0.05) is 6.07 Å². The summed E-state index contributed by atoms with van der Waals surface area (Å²) in [5.74, 6) is 0. The van der Waals surface area contributed by atoms with Crippen LogP contribution in [0.5, 0.6) is 0 Å². The lowest BCUT2D eigenvalue weighted by Crippen LogP contribution is -2.12. The SMILES string of the molecule is Cc1cc(C)cc(NS(=O)(=O)c2c[nH]c3ccc([N+](=O)[O-])cc23)c1. The van der Waals surface area contributed by atoms with Crippen LogP contribution in [0.4, 0.5) is 11.4 Å². The highest BCUT2D eigenvalue weighted by molar-refractivity contribution is 7.93. The Morgan fingerprint density at radius 3 is 2.38 bits per heavy atom. The molecule has 0 unspecified atom stereocenters. The first kappa shape index (κ1) is 16.0. The number of hydrogen-bond acceptors (Lipinski definition) is 4. The van der Waals surface area contributed by atoms with Crippen molar-refractivity contribution in [1.29, 1.82) is 0 Å². The van der Waals surface area contributed by atoms with E-state index in [1.54, 1.807) is 12.1 Å². The second-order valence-electron chi connectivity index (χ2n) is 5.62. The van der Waals surface area contributed by atoms with E-state index in [-0.39, 0.29) is 16.0 Å². The first-order chi connectivity index (χ1) is 11.3. The monoisotopic (exact) mass is 345 g/mol. The molecule has 2 aromatic carbocycles. The Morgan fingerprint density at radius 2 is 1.75 bits per heavy atom. The van der Waals surface area contributed by atoms with Crippen molar-refractivity contribution >= 4 is 32.3 Å². The molecule has 0 saturated heterocycles. The molecule has 1 heterocycles. The molecular weight excluding hydrogens is 330 g/mol. The number of hydrogen-bond donors (Lipinski definition) is 2. The summed E-state index contributed by atoms with van der Waals surface area (Å²) in [5.41, 5.74) is 2.67. The number of aromatic nitrogens is 1. The molecule has 3 rings (SSSR count). The highest BCUT2D eigenvalue weighted by Crippen LogP contribution is 2.28.